The molecule has 4 N–H and O–H groups in total. The Labute approximate surface area is 99.8 Å². The van der Waals surface area contributed by atoms with Crippen molar-refractivity contribution in [2.75, 3.05) is 13.2 Å². The lowest BCUT2D eigenvalue weighted by Crippen LogP contribution is -2.50. The number of nitrogens with one attached hydrogen (secondary N) is 1. The Hall–Kier alpha value is -0.120. The molecule has 0 heterocycles. The van der Waals surface area contributed by atoms with Gasteiger partial charge in [-0.1, -0.05) is 33.1 Å². The largest absolute Gasteiger partial charge is 0.396 e. The van der Waals surface area contributed by atoms with Gasteiger partial charge in [0.25, 0.3) is 0 Å². The van der Waals surface area contributed by atoms with Crippen LogP contribution in [0, 0.1) is 11.8 Å². The van der Waals surface area contributed by atoms with Crippen LogP contribution in [0.4, 0.5) is 0 Å². The molecule has 3 heteroatoms. The van der Waals surface area contributed by atoms with Crippen molar-refractivity contribution in [2.45, 2.75) is 58.0 Å². The van der Waals surface area contributed by atoms with E-state index in [0.717, 1.165) is 12.8 Å². The van der Waals surface area contributed by atoms with Crippen molar-refractivity contribution >= 4 is 0 Å². The first-order valence-corrected chi connectivity index (χ1v) is 6.79. The zero-order valence-corrected chi connectivity index (χ0v) is 10.8. The maximum Gasteiger partial charge on any atom is 0.0474 e. The average Bonchev–Trinajstić information content (AvgIpc) is 2.35. The minimum absolute atomic E-state index is 0.315. The van der Waals surface area contributed by atoms with E-state index in [-0.39, 0.29) is 0 Å². The molecule has 0 amide bonds. The van der Waals surface area contributed by atoms with Crippen LogP contribution < -0.4 is 11.1 Å². The molecule has 0 aromatic carbocycles. The Balaban J connectivity index is 2.48. The first kappa shape index (κ1) is 13.9. The number of nitrogens with two attached hydrogens (primary N) is 1. The molecule has 3 nitrogen and oxygen atoms in total. The lowest BCUT2D eigenvalue weighted by Gasteiger charge is -2.35. The molecule has 0 radical (unpaired) electrons. The monoisotopic (exact) mass is 228 g/mol. The van der Waals surface area contributed by atoms with Gasteiger partial charge in [0.15, 0.2) is 0 Å². The molecule has 0 spiro atoms. The molecule has 1 aliphatic rings. The van der Waals surface area contributed by atoms with Crippen LogP contribution >= 0.6 is 0 Å². The summed E-state index contributed by atoms with van der Waals surface area (Å²) in [6.07, 6.45) is 6.06. The van der Waals surface area contributed by atoms with E-state index in [1.54, 1.807) is 0 Å². The zero-order chi connectivity index (χ0) is 12.0. The minimum Gasteiger partial charge on any atom is -0.396 e. The van der Waals surface area contributed by atoms with Gasteiger partial charge in [0, 0.05) is 25.2 Å². The third-order valence-corrected chi connectivity index (χ3v) is 4.16. The van der Waals surface area contributed by atoms with Crippen molar-refractivity contribution in [1.82, 2.24) is 5.32 Å². The molecule has 0 aliphatic heterocycles. The Bertz CT molecular complexity index is 187. The highest BCUT2D eigenvalue weighted by atomic mass is 16.3. The van der Waals surface area contributed by atoms with Crippen molar-refractivity contribution in [1.29, 1.82) is 0 Å². The maximum absolute atomic E-state index is 9.37. The summed E-state index contributed by atoms with van der Waals surface area (Å²) in [7, 11) is 0. The van der Waals surface area contributed by atoms with Gasteiger partial charge in [-0.15, -0.1) is 0 Å². The molecule has 0 saturated heterocycles. The van der Waals surface area contributed by atoms with E-state index in [9.17, 15) is 5.11 Å². The van der Waals surface area contributed by atoms with Gasteiger partial charge in [0.1, 0.15) is 0 Å². The fraction of sp³-hybridized carbons (Fsp3) is 1.00. The first-order valence-electron chi connectivity index (χ1n) is 6.79. The zero-order valence-electron chi connectivity index (χ0n) is 10.8. The molecule has 1 aliphatic carbocycles. The molecule has 1 fully saturated rings. The second kappa shape index (κ2) is 7.25. The standard InChI is InChI=1S/C13H28N2O/c1-3-10(2)13(8-14)15-12-7-5-4-6-11(12)9-16/h10-13,15-16H,3-9,14H2,1-2H3. The van der Waals surface area contributed by atoms with Gasteiger partial charge in [0.2, 0.25) is 0 Å². The molecule has 1 saturated carbocycles. The maximum atomic E-state index is 9.37. The first-order chi connectivity index (χ1) is 7.72. The third-order valence-electron chi connectivity index (χ3n) is 4.16. The predicted molar refractivity (Wildman–Crippen MR) is 68.3 cm³/mol. The lowest BCUT2D eigenvalue weighted by molar-refractivity contribution is 0.139. The van der Waals surface area contributed by atoms with Crippen LogP contribution in [-0.2, 0) is 0 Å². The predicted octanol–water partition coefficient (Wildman–Crippen LogP) is 1.50. The van der Waals surface area contributed by atoms with Crippen LogP contribution in [0.5, 0.6) is 0 Å². The molecule has 0 aromatic rings. The Kier molecular flexibility index (Phi) is 6.32. The van der Waals surface area contributed by atoms with Crippen LogP contribution in [0.15, 0.2) is 0 Å². The van der Waals surface area contributed by atoms with E-state index >= 15 is 0 Å². The van der Waals surface area contributed by atoms with E-state index in [4.69, 9.17) is 5.73 Å². The third kappa shape index (κ3) is 3.72. The summed E-state index contributed by atoms with van der Waals surface area (Å²) < 4.78 is 0. The number of hydrogen-bond donors (Lipinski definition) is 3. The van der Waals surface area contributed by atoms with E-state index in [0.29, 0.717) is 37.1 Å². The van der Waals surface area contributed by atoms with Crippen LogP contribution in [0.1, 0.15) is 46.0 Å². The Morgan fingerprint density at radius 3 is 2.62 bits per heavy atom. The summed E-state index contributed by atoms with van der Waals surface area (Å²) in [6.45, 7) is 5.47. The quantitative estimate of drug-likeness (QED) is 0.646. The summed E-state index contributed by atoms with van der Waals surface area (Å²) in [4.78, 5) is 0. The van der Waals surface area contributed by atoms with Crippen molar-refractivity contribution in [3.63, 3.8) is 0 Å². The van der Waals surface area contributed by atoms with E-state index < -0.39 is 0 Å². The highest BCUT2D eigenvalue weighted by molar-refractivity contribution is 4.85. The highest BCUT2D eigenvalue weighted by Crippen LogP contribution is 2.25. The van der Waals surface area contributed by atoms with E-state index in [1.165, 1.54) is 19.3 Å². The normalized spacial score (nSPS) is 30.0. The lowest BCUT2D eigenvalue weighted by atomic mass is 9.84. The molecular weight excluding hydrogens is 200 g/mol. The molecule has 96 valence electrons. The summed E-state index contributed by atoms with van der Waals surface area (Å²) in [5.74, 6) is 1.05. The summed E-state index contributed by atoms with van der Waals surface area (Å²) in [6, 6.07) is 0.878. The van der Waals surface area contributed by atoms with Gasteiger partial charge in [-0.25, -0.2) is 0 Å². The second-order valence-electron chi connectivity index (χ2n) is 5.23. The Morgan fingerprint density at radius 2 is 2.06 bits per heavy atom. The molecular formula is C13H28N2O. The second-order valence-corrected chi connectivity index (χ2v) is 5.23. The van der Waals surface area contributed by atoms with E-state index in [2.05, 4.69) is 19.2 Å². The average molecular weight is 228 g/mol. The van der Waals surface area contributed by atoms with Crippen molar-refractivity contribution in [2.24, 2.45) is 17.6 Å². The van der Waals surface area contributed by atoms with Crippen LogP contribution in [0.3, 0.4) is 0 Å². The molecule has 0 aromatic heterocycles. The fourth-order valence-electron chi connectivity index (χ4n) is 2.67. The smallest absolute Gasteiger partial charge is 0.0474 e. The van der Waals surface area contributed by atoms with Gasteiger partial charge < -0.3 is 16.2 Å². The van der Waals surface area contributed by atoms with Gasteiger partial charge in [-0.3, -0.25) is 0 Å². The number of hydrogen-bond acceptors (Lipinski definition) is 3. The summed E-state index contributed by atoms with van der Waals surface area (Å²) >= 11 is 0. The highest BCUT2D eigenvalue weighted by Gasteiger charge is 2.27. The van der Waals surface area contributed by atoms with Crippen molar-refractivity contribution in [3.8, 4) is 0 Å². The number of aliphatic hydroxyl groups is 1. The van der Waals surface area contributed by atoms with Gasteiger partial charge in [-0.05, 0) is 24.7 Å². The molecule has 4 unspecified atom stereocenters. The Morgan fingerprint density at radius 1 is 1.38 bits per heavy atom. The fourth-order valence-corrected chi connectivity index (χ4v) is 2.67. The molecule has 4 atom stereocenters. The van der Waals surface area contributed by atoms with E-state index in [1.807, 2.05) is 0 Å². The number of rotatable bonds is 6. The van der Waals surface area contributed by atoms with Crippen LogP contribution in [0.2, 0.25) is 0 Å². The van der Waals surface area contributed by atoms with Gasteiger partial charge in [0.05, 0.1) is 0 Å². The SMILES string of the molecule is CCC(C)C(CN)NC1CCCCC1CO. The van der Waals surface area contributed by atoms with Gasteiger partial charge in [-0.2, -0.15) is 0 Å². The molecule has 1 rings (SSSR count). The molecule has 0 bridgehead atoms. The minimum atomic E-state index is 0.315. The van der Waals surface area contributed by atoms with Crippen molar-refractivity contribution in [3.05, 3.63) is 0 Å². The van der Waals surface area contributed by atoms with Gasteiger partial charge >= 0.3 is 0 Å². The van der Waals surface area contributed by atoms with Crippen LogP contribution in [-0.4, -0.2) is 30.3 Å². The topological polar surface area (TPSA) is 58.3 Å². The van der Waals surface area contributed by atoms with Crippen LogP contribution in [0.25, 0.3) is 0 Å². The summed E-state index contributed by atoms with van der Waals surface area (Å²) in [5, 5.41) is 13.0. The summed E-state index contributed by atoms with van der Waals surface area (Å²) in [5.41, 5.74) is 5.83. The van der Waals surface area contributed by atoms with Crippen molar-refractivity contribution < 1.29 is 5.11 Å². The molecule has 16 heavy (non-hydrogen) atoms. The number of aliphatic hydroxyl groups excluding tert-OH is 1.